The fourth-order valence-corrected chi connectivity index (χ4v) is 15.2. The van der Waals surface area contributed by atoms with E-state index >= 15 is 0 Å². The highest BCUT2D eigenvalue weighted by Gasteiger charge is 2.51. The van der Waals surface area contributed by atoms with Gasteiger partial charge in [0.05, 0.1) is 36.1 Å². The standard InChI is InChI=1S/C54H39N4Si/c1-58(2)48-28-16-13-25-42(48)45-34-44-41-24-12-15-27-46(41)57(47(44)35-49(45)58)38-32-30-36(31-33-38)52-51-43-26-14-17-29-50(43)59(39-20-8-4-9-21-39,40-22-10-5-11-23-40)54(51)56-53(55-52)37-18-6-3-7-19-37/h3-35H,1-2H3/q+1. The fraction of sp³-hybridized carbons (Fsp3) is 0.0370. The van der Waals surface area contributed by atoms with E-state index in [-0.39, 0.29) is 0 Å². The van der Waals surface area contributed by atoms with E-state index in [9.17, 15) is 0 Å². The first-order valence-electron chi connectivity index (χ1n) is 20.3. The molecule has 4 heterocycles. The van der Waals surface area contributed by atoms with Crippen LogP contribution in [-0.4, -0.2) is 36.7 Å². The molecule has 12 rings (SSSR count). The topological polar surface area (TPSA) is 30.7 Å². The molecule has 0 radical (unpaired) electrons. The molecule has 0 spiro atoms. The number of benzene rings is 8. The molecule has 0 amide bonds. The van der Waals surface area contributed by atoms with Crippen LogP contribution in [0.15, 0.2) is 200 Å². The molecule has 0 unspecified atom stereocenters. The zero-order valence-corrected chi connectivity index (χ0v) is 33.8. The molecule has 8 aromatic carbocycles. The monoisotopic (exact) mass is 771 g/mol. The maximum Gasteiger partial charge on any atom is 0.203 e. The van der Waals surface area contributed by atoms with Crippen LogP contribution in [0, 0.1) is 0 Å². The second kappa shape index (κ2) is 12.7. The summed E-state index contributed by atoms with van der Waals surface area (Å²) in [5, 5.41) is 7.65. The molecule has 5 heteroatoms. The van der Waals surface area contributed by atoms with Gasteiger partial charge < -0.3 is 4.57 Å². The molecule has 2 aliphatic rings. The molecule has 0 N–H and O–H groups in total. The summed E-state index contributed by atoms with van der Waals surface area (Å²) in [6.45, 7) is 0. The molecular weight excluding hydrogens is 733 g/mol. The number of hydrogen-bond acceptors (Lipinski definition) is 2. The summed E-state index contributed by atoms with van der Waals surface area (Å²) >= 11 is 0. The first-order valence-corrected chi connectivity index (χ1v) is 22.3. The Balaban J connectivity index is 1.10. The quantitative estimate of drug-likeness (QED) is 0.129. The lowest BCUT2D eigenvalue weighted by Crippen LogP contribution is -2.73. The third-order valence-corrected chi connectivity index (χ3v) is 17.6. The van der Waals surface area contributed by atoms with Crippen molar-refractivity contribution in [3.05, 3.63) is 200 Å². The van der Waals surface area contributed by atoms with Crippen LogP contribution in [0.2, 0.25) is 0 Å². The van der Waals surface area contributed by atoms with E-state index in [1.165, 1.54) is 65.4 Å². The van der Waals surface area contributed by atoms with E-state index in [1.54, 1.807) is 0 Å². The van der Waals surface area contributed by atoms with Crippen molar-refractivity contribution in [2.45, 2.75) is 0 Å². The van der Waals surface area contributed by atoms with Crippen molar-refractivity contribution in [3.8, 4) is 50.6 Å². The minimum atomic E-state index is -2.87. The van der Waals surface area contributed by atoms with Crippen LogP contribution in [0.3, 0.4) is 0 Å². The maximum atomic E-state index is 5.66. The molecule has 0 atom stereocenters. The number of hydrogen-bond donors (Lipinski definition) is 0. The normalized spacial score (nSPS) is 14.2. The van der Waals surface area contributed by atoms with Crippen LogP contribution in [-0.2, 0) is 0 Å². The first-order chi connectivity index (χ1) is 29.0. The van der Waals surface area contributed by atoms with Gasteiger partial charge in [-0.3, -0.25) is 4.48 Å². The van der Waals surface area contributed by atoms with Crippen LogP contribution >= 0.6 is 0 Å². The van der Waals surface area contributed by atoms with E-state index in [1.807, 2.05) is 0 Å². The molecular formula is C54H39N4Si+. The molecule has 4 nitrogen and oxygen atoms in total. The van der Waals surface area contributed by atoms with Gasteiger partial charge in [0.15, 0.2) is 5.82 Å². The average molecular weight is 772 g/mol. The Morgan fingerprint density at radius 2 is 1.07 bits per heavy atom. The second-order valence-electron chi connectivity index (χ2n) is 16.3. The predicted molar refractivity (Wildman–Crippen MR) is 249 cm³/mol. The van der Waals surface area contributed by atoms with Crippen molar-refractivity contribution >= 4 is 62.1 Å². The van der Waals surface area contributed by atoms with Crippen LogP contribution in [0.1, 0.15) is 0 Å². The summed E-state index contributed by atoms with van der Waals surface area (Å²) in [5.41, 5.74) is 14.2. The van der Waals surface area contributed by atoms with Gasteiger partial charge in [-0.2, -0.15) is 0 Å². The van der Waals surface area contributed by atoms with Gasteiger partial charge in [-0.1, -0.05) is 158 Å². The van der Waals surface area contributed by atoms with Crippen molar-refractivity contribution in [2.24, 2.45) is 0 Å². The van der Waals surface area contributed by atoms with E-state index < -0.39 is 8.07 Å². The van der Waals surface area contributed by atoms with Gasteiger partial charge in [0.25, 0.3) is 0 Å². The van der Waals surface area contributed by atoms with E-state index in [4.69, 9.17) is 9.97 Å². The van der Waals surface area contributed by atoms with Crippen molar-refractivity contribution in [3.63, 3.8) is 0 Å². The molecule has 0 bridgehead atoms. The molecule has 278 valence electrons. The van der Waals surface area contributed by atoms with Gasteiger partial charge in [0.1, 0.15) is 11.4 Å². The highest BCUT2D eigenvalue weighted by Crippen LogP contribution is 2.53. The van der Waals surface area contributed by atoms with Gasteiger partial charge in [0, 0.05) is 56.4 Å². The molecule has 2 aromatic heterocycles. The minimum absolute atomic E-state index is 0.711. The van der Waals surface area contributed by atoms with Crippen LogP contribution in [0.5, 0.6) is 0 Å². The van der Waals surface area contributed by atoms with E-state index in [0.717, 1.165) is 39.2 Å². The molecule has 0 saturated carbocycles. The highest BCUT2D eigenvalue weighted by atomic mass is 28.3. The van der Waals surface area contributed by atoms with Crippen LogP contribution in [0.4, 0.5) is 11.4 Å². The number of quaternary nitrogens is 1. The number of aromatic nitrogens is 3. The summed E-state index contributed by atoms with van der Waals surface area (Å²) in [5.74, 6) is 0.748. The molecule has 0 saturated heterocycles. The fourth-order valence-electron chi connectivity index (χ4n) is 10.2. The summed E-state index contributed by atoms with van der Waals surface area (Å²) in [6, 6.07) is 73.2. The Kier molecular flexibility index (Phi) is 7.28. The van der Waals surface area contributed by atoms with Gasteiger partial charge in [-0.25, -0.2) is 9.97 Å². The Bertz CT molecular complexity index is 3240. The van der Waals surface area contributed by atoms with Gasteiger partial charge in [-0.05, 0) is 51.5 Å². The SMILES string of the molecule is C[N+]1(C)c2ccccc2-c2cc3c4ccccc4n(-c4ccc(-c5nc(-c6ccccc6)nc6c5-c5ccccc5[Si]6(c5ccccc5)c5ccccc5)cc4)c3cc21. The molecule has 10 aromatic rings. The van der Waals surface area contributed by atoms with E-state index in [2.05, 4.69) is 219 Å². The molecule has 59 heavy (non-hydrogen) atoms. The van der Waals surface area contributed by atoms with Crippen LogP contribution < -0.4 is 25.4 Å². The van der Waals surface area contributed by atoms with Crippen molar-refractivity contribution in [1.29, 1.82) is 0 Å². The summed E-state index contributed by atoms with van der Waals surface area (Å²) in [7, 11) is 1.73. The van der Waals surface area contributed by atoms with Crippen molar-refractivity contribution in [2.75, 3.05) is 14.1 Å². The highest BCUT2D eigenvalue weighted by molar-refractivity contribution is 7.21. The van der Waals surface area contributed by atoms with Crippen molar-refractivity contribution < 1.29 is 0 Å². The summed E-state index contributed by atoms with van der Waals surface area (Å²) in [6.07, 6.45) is 0. The lowest BCUT2D eigenvalue weighted by atomic mass is 10.00. The Labute approximate surface area is 344 Å². The number of fused-ring (bicyclic) bond motifs is 9. The molecule has 0 fully saturated rings. The van der Waals surface area contributed by atoms with Gasteiger partial charge >= 0.3 is 0 Å². The lowest BCUT2D eigenvalue weighted by Gasteiger charge is -2.30. The first kappa shape index (κ1) is 33.9. The van der Waals surface area contributed by atoms with Gasteiger partial charge in [-0.15, -0.1) is 0 Å². The average Bonchev–Trinajstić information content (AvgIpc) is 3.87. The lowest BCUT2D eigenvalue weighted by molar-refractivity contribution is 0.569. The predicted octanol–water partition coefficient (Wildman–Crippen LogP) is 10.1. The Hall–Kier alpha value is -7.18. The van der Waals surface area contributed by atoms with Crippen LogP contribution in [0.25, 0.3) is 72.4 Å². The number of para-hydroxylation sites is 2. The Morgan fingerprint density at radius 1 is 0.458 bits per heavy atom. The van der Waals surface area contributed by atoms with Gasteiger partial charge in [0.2, 0.25) is 8.07 Å². The smallest absolute Gasteiger partial charge is 0.203 e. The largest absolute Gasteiger partial charge is 0.309 e. The third kappa shape index (κ3) is 4.74. The molecule has 2 aliphatic heterocycles. The second-order valence-corrected chi connectivity index (χ2v) is 19.9. The number of rotatable bonds is 5. The maximum absolute atomic E-state index is 5.66. The zero-order valence-electron chi connectivity index (χ0n) is 32.8. The summed E-state index contributed by atoms with van der Waals surface area (Å²) in [4.78, 5) is 11.2. The molecule has 0 aliphatic carbocycles. The third-order valence-electron chi connectivity index (χ3n) is 12.9. The summed E-state index contributed by atoms with van der Waals surface area (Å²) < 4.78 is 3.15. The zero-order chi connectivity index (χ0) is 39.3. The number of nitrogens with zero attached hydrogens (tertiary/aromatic N) is 4. The van der Waals surface area contributed by atoms with E-state index in [0.29, 0.717) is 4.48 Å². The minimum Gasteiger partial charge on any atom is -0.309 e. The van der Waals surface area contributed by atoms with Crippen molar-refractivity contribution in [1.82, 2.24) is 19.0 Å². The Morgan fingerprint density at radius 3 is 1.80 bits per heavy atom.